The van der Waals surface area contributed by atoms with Crippen LogP contribution in [0.5, 0.6) is 0 Å². The number of benzene rings is 3. The molecule has 0 saturated carbocycles. The van der Waals surface area contributed by atoms with Crippen molar-refractivity contribution in [3.05, 3.63) is 120 Å². The van der Waals surface area contributed by atoms with E-state index in [0.717, 1.165) is 12.8 Å². The van der Waals surface area contributed by atoms with Gasteiger partial charge in [0.2, 0.25) is 0 Å². The summed E-state index contributed by atoms with van der Waals surface area (Å²) in [6.07, 6.45) is 11.0. The van der Waals surface area contributed by atoms with Gasteiger partial charge in [0.25, 0.3) is 0 Å². The number of hydrogen-bond acceptors (Lipinski definition) is 0. The molecule has 3 aromatic rings. The molecule has 0 unspecified atom stereocenters. The van der Waals surface area contributed by atoms with Gasteiger partial charge >= 0.3 is 70.3 Å². The van der Waals surface area contributed by atoms with Crippen molar-refractivity contribution in [3.63, 3.8) is 0 Å². The van der Waals surface area contributed by atoms with E-state index in [2.05, 4.69) is 85.8 Å². The molecule has 5 rings (SSSR count). The van der Waals surface area contributed by atoms with Crippen LogP contribution >= 0.6 is 0 Å². The molecule has 0 saturated heterocycles. The maximum absolute atomic E-state index is 3.30. The number of allylic oxidation sites excluding steroid dienone is 4. The van der Waals surface area contributed by atoms with E-state index in [1.807, 2.05) is 24.3 Å². The first-order valence-corrected chi connectivity index (χ1v) is 10.4. The van der Waals surface area contributed by atoms with Gasteiger partial charge in [-0.05, 0) is 6.42 Å². The summed E-state index contributed by atoms with van der Waals surface area (Å²) in [5, 5.41) is 0. The Morgan fingerprint density at radius 3 is 2.14 bits per heavy atom. The van der Waals surface area contributed by atoms with E-state index in [1.165, 1.54) is 55.3 Å². The minimum atomic E-state index is 0. The van der Waals surface area contributed by atoms with Crippen LogP contribution < -0.4 is 24.8 Å². The second-order valence-corrected chi connectivity index (χ2v) is 8.23. The van der Waals surface area contributed by atoms with E-state index in [-0.39, 0.29) is 24.8 Å². The SMILES string of the molecule is C[C](=[Zr+2])c1ccccc1.[C-]1=CC=CC1.[Cl-].[Cl-].[c-]1cccc2c1Cc1ccccc1-2. The smallest absolute Gasteiger partial charge is 0.0253 e. The molecule has 0 atom stereocenters. The largest absolute Gasteiger partial charge is 1.00 e. The second-order valence-electron chi connectivity index (χ2n) is 6.39. The van der Waals surface area contributed by atoms with Gasteiger partial charge in [0.15, 0.2) is 0 Å². The Labute approximate surface area is 201 Å². The van der Waals surface area contributed by atoms with Crippen molar-refractivity contribution in [2.24, 2.45) is 0 Å². The third-order valence-electron chi connectivity index (χ3n) is 4.41. The second kappa shape index (κ2) is 13.7. The van der Waals surface area contributed by atoms with Gasteiger partial charge in [0.05, 0.1) is 0 Å². The molecule has 0 amide bonds. The monoisotopic (exact) mass is 494 g/mol. The first kappa shape index (κ1) is 25.5. The van der Waals surface area contributed by atoms with Gasteiger partial charge in [-0.2, -0.15) is 35.9 Å². The van der Waals surface area contributed by atoms with Crippen molar-refractivity contribution in [1.82, 2.24) is 0 Å². The van der Waals surface area contributed by atoms with E-state index in [9.17, 15) is 0 Å². The summed E-state index contributed by atoms with van der Waals surface area (Å²) in [4.78, 5) is 0. The normalized spacial score (nSPS) is 11.4. The van der Waals surface area contributed by atoms with Gasteiger partial charge < -0.3 is 24.8 Å². The summed E-state index contributed by atoms with van der Waals surface area (Å²) in [5.41, 5.74) is 6.88. The first-order chi connectivity index (χ1) is 13.3. The fraction of sp³-hybridized carbons (Fsp3) is 0.115. The molecule has 0 N–H and O–H groups in total. The van der Waals surface area contributed by atoms with Gasteiger partial charge in [0.1, 0.15) is 0 Å². The zero-order valence-corrected chi connectivity index (χ0v) is 20.3. The predicted octanol–water partition coefficient (Wildman–Crippen LogP) is 0.145. The third-order valence-corrected chi connectivity index (χ3v) is 5.12. The van der Waals surface area contributed by atoms with E-state index >= 15 is 0 Å². The molecule has 2 aliphatic carbocycles. The topological polar surface area (TPSA) is 0 Å². The number of rotatable bonds is 1. The molecule has 0 radical (unpaired) electrons. The Bertz CT molecular complexity index is 906. The fourth-order valence-electron chi connectivity index (χ4n) is 3.03. The van der Waals surface area contributed by atoms with Crippen LogP contribution in [-0.2, 0) is 30.7 Å². The molecule has 0 bridgehead atoms. The van der Waals surface area contributed by atoms with Crippen LogP contribution in [0.2, 0.25) is 0 Å². The standard InChI is InChI=1S/C13H9.C8H8.C5H5.2ClH.Zr/c1-3-7-12-10(5-1)9-11-6-2-4-8-13(11)12;1-2-8-6-4-3-5-7-8;1-2-4-5-3-1;;;/h1-5,7-8H,9H2;3-7H,1H3;1-3H,4H2;2*1H;/q-1;;-1;;;+2/p-2. The molecule has 0 heterocycles. The van der Waals surface area contributed by atoms with Gasteiger partial charge in [-0.3, -0.25) is 6.08 Å². The summed E-state index contributed by atoms with van der Waals surface area (Å²) in [6, 6.07) is 28.6. The van der Waals surface area contributed by atoms with Crippen LogP contribution in [0.25, 0.3) is 11.1 Å². The average molecular weight is 497 g/mol. The zero-order chi connectivity index (χ0) is 18.9. The van der Waals surface area contributed by atoms with E-state index in [1.54, 1.807) is 0 Å². The van der Waals surface area contributed by atoms with Gasteiger partial charge in [-0.1, -0.05) is 35.4 Å². The molecule has 3 heteroatoms. The molecule has 0 aliphatic heterocycles. The van der Waals surface area contributed by atoms with Crippen molar-refractivity contribution in [3.8, 4) is 11.1 Å². The van der Waals surface area contributed by atoms with E-state index in [0.29, 0.717) is 0 Å². The van der Waals surface area contributed by atoms with Crippen molar-refractivity contribution < 1.29 is 49.0 Å². The minimum Gasteiger partial charge on any atom is -1.00 e. The molecule has 0 aromatic heterocycles. The molecule has 3 aromatic carbocycles. The van der Waals surface area contributed by atoms with E-state index in [4.69, 9.17) is 0 Å². The van der Waals surface area contributed by atoms with Gasteiger partial charge in [-0.15, -0.1) is 12.0 Å². The number of halogens is 2. The molecule has 29 heavy (non-hydrogen) atoms. The molecule has 0 fully saturated rings. The third kappa shape index (κ3) is 7.67. The Kier molecular flexibility index (Phi) is 12.0. The summed E-state index contributed by atoms with van der Waals surface area (Å²) >= 11 is 1.51. The quantitative estimate of drug-likeness (QED) is 0.329. The average Bonchev–Trinajstić information content (AvgIpc) is 3.41. The fourth-order valence-corrected chi connectivity index (χ4v) is 3.44. The zero-order valence-electron chi connectivity index (χ0n) is 16.3. The predicted molar refractivity (Wildman–Crippen MR) is 111 cm³/mol. The Balaban J connectivity index is 0.000000231. The summed E-state index contributed by atoms with van der Waals surface area (Å²) in [5.74, 6) is 0. The van der Waals surface area contributed by atoms with E-state index < -0.39 is 0 Å². The Hall–Kier alpha value is -1.53. The van der Waals surface area contributed by atoms with Crippen LogP contribution in [0.4, 0.5) is 0 Å². The Morgan fingerprint density at radius 1 is 0.862 bits per heavy atom. The number of fused-ring (bicyclic) bond motifs is 3. The van der Waals surface area contributed by atoms with Crippen LogP contribution in [0, 0.1) is 12.1 Å². The van der Waals surface area contributed by atoms with Crippen LogP contribution in [-0.4, -0.2) is 3.21 Å². The van der Waals surface area contributed by atoms with Gasteiger partial charge in [0, 0.05) is 0 Å². The minimum absolute atomic E-state index is 0. The molecule has 2 aliphatic rings. The summed E-state index contributed by atoms with van der Waals surface area (Å²) in [6.45, 7) is 2.16. The number of hydrogen-bond donors (Lipinski definition) is 0. The summed E-state index contributed by atoms with van der Waals surface area (Å²) < 4.78 is 1.46. The van der Waals surface area contributed by atoms with Crippen LogP contribution in [0.3, 0.4) is 0 Å². The molecule has 0 spiro atoms. The molecule has 0 nitrogen and oxygen atoms in total. The van der Waals surface area contributed by atoms with Crippen molar-refractivity contribution in [1.29, 1.82) is 0 Å². The first-order valence-electron chi connectivity index (χ1n) is 9.16. The van der Waals surface area contributed by atoms with Crippen LogP contribution in [0.1, 0.15) is 30.0 Å². The summed E-state index contributed by atoms with van der Waals surface area (Å²) in [7, 11) is 0. The van der Waals surface area contributed by atoms with Crippen molar-refractivity contribution in [2.75, 3.05) is 0 Å². The Morgan fingerprint density at radius 2 is 1.55 bits per heavy atom. The van der Waals surface area contributed by atoms with Crippen LogP contribution in [0.15, 0.2) is 91.0 Å². The maximum atomic E-state index is 3.30. The molecular formula is C26H22Cl2Zr-2. The molecular weight excluding hydrogens is 474 g/mol. The maximum Gasteiger partial charge on any atom is -0.0253 e. The van der Waals surface area contributed by atoms with Crippen molar-refractivity contribution >= 4 is 3.21 Å². The van der Waals surface area contributed by atoms with Gasteiger partial charge in [-0.25, -0.2) is 12.2 Å². The van der Waals surface area contributed by atoms with Crippen molar-refractivity contribution in [2.45, 2.75) is 19.8 Å². The molecule has 146 valence electrons.